The first kappa shape index (κ1) is 21.9. The van der Waals surface area contributed by atoms with E-state index in [0.29, 0.717) is 10.8 Å². The minimum absolute atomic E-state index is 0.125. The topological polar surface area (TPSA) is 57.6 Å². The molecule has 2 fully saturated rings. The van der Waals surface area contributed by atoms with Crippen molar-refractivity contribution in [1.29, 1.82) is 0 Å². The van der Waals surface area contributed by atoms with Gasteiger partial charge in [-0.3, -0.25) is 14.5 Å². The molecule has 6 nitrogen and oxygen atoms in total. The molecule has 2 amide bonds. The zero-order chi connectivity index (χ0) is 22.9. The molecule has 1 N–H and O–H groups in total. The number of rotatable bonds is 4. The van der Waals surface area contributed by atoms with Crippen molar-refractivity contribution in [3.05, 3.63) is 70.5 Å². The van der Waals surface area contributed by atoms with Gasteiger partial charge in [-0.05, 0) is 67.9 Å². The molecule has 0 aliphatic carbocycles. The predicted octanol–water partition coefficient (Wildman–Crippen LogP) is 4.68. The highest BCUT2D eigenvalue weighted by Crippen LogP contribution is 2.29. The second kappa shape index (κ2) is 9.11. The molecule has 2 aromatic carbocycles. The molecule has 0 bridgehead atoms. The fourth-order valence-corrected chi connectivity index (χ4v) is 5.09. The van der Waals surface area contributed by atoms with Crippen molar-refractivity contribution in [3.63, 3.8) is 0 Å². The number of para-hydroxylation sites is 1. The lowest BCUT2D eigenvalue weighted by molar-refractivity contribution is -0.132. The molecule has 2 aliphatic rings. The average Bonchev–Trinajstić information content (AvgIpc) is 3.30. The van der Waals surface area contributed by atoms with Crippen LogP contribution in [-0.2, 0) is 16.1 Å². The van der Waals surface area contributed by atoms with Gasteiger partial charge in [0.15, 0.2) is 5.11 Å². The number of piperidine rings is 1. The number of nitrogens with zero attached hydrogens (tertiary/aromatic N) is 3. The van der Waals surface area contributed by atoms with Crippen LogP contribution in [0.1, 0.15) is 24.8 Å². The minimum atomic E-state index is -0.202. The van der Waals surface area contributed by atoms with Crippen LogP contribution in [0.15, 0.2) is 64.9 Å². The van der Waals surface area contributed by atoms with Gasteiger partial charge < -0.3 is 14.8 Å². The first-order valence-electron chi connectivity index (χ1n) is 11.0. The van der Waals surface area contributed by atoms with Crippen molar-refractivity contribution in [2.24, 2.45) is 0 Å². The number of amides is 2. The van der Waals surface area contributed by atoms with Gasteiger partial charge in [-0.25, -0.2) is 0 Å². The summed E-state index contributed by atoms with van der Waals surface area (Å²) in [6.07, 6.45) is 7.07. The molecule has 3 aromatic rings. The van der Waals surface area contributed by atoms with E-state index in [0.717, 1.165) is 52.6 Å². The van der Waals surface area contributed by atoms with Gasteiger partial charge in [-0.1, -0.05) is 34.1 Å². The van der Waals surface area contributed by atoms with Gasteiger partial charge in [0, 0.05) is 40.2 Å². The normalized spacial score (nSPS) is 17.8. The van der Waals surface area contributed by atoms with Crippen molar-refractivity contribution in [2.45, 2.75) is 25.8 Å². The molecule has 2 aliphatic heterocycles. The van der Waals surface area contributed by atoms with E-state index >= 15 is 0 Å². The Kier molecular flexibility index (Phi) is 6.03. The largest absolute Gasteiger partial charge is 0.341 e. The molecule has 0 radical (unpaired) electrons. The van der Waals surface area contributed by atoms with Gasteiger partial charge >= 0.3 is 0 Å². The van der Waals surface area contributed by atoms with E-state index in [1.54, 1.807) is 0 Å². The van der Waals surface area contributed by atoms with Crippen LogP contribution in [0.4, 0.5) is 5.69 Å². The quantitative estimate of drug-likeness (QED) is 0.399. The third-order valence-electron chi connectivity index (χ3n) is 6.08. The highest BCUT2D eigenvalue weighted by molar-refractivity contribution is 9.10. The van der Waals surface area contributed by atoms with Crippen molar-refractivity contribution in [3.8, 4) is 0 Å². The van der Waals surface area contributed by atoms with Crippen molar-refractivity contribution in [2.75, 3.05) is 18.0 Å². The molecule has 0 unspecified atom stereocenters. The van der Waals surface area contributed by atoms with Crippen LogP contribution < -0.4 is 10.2 Å². The lowest BCUT2D eigenvalue weighted by atomic mass is 10.1. The third-order valence-corrected chi connectivity index (χ3v) is 6.86. The van der Waals surface area contributed by atoms with E-state index in [9.17, 15) is 9.59 Å². The summed E-state index contributed by atoms with van der Waals surface area (Å²) in [5, 5.41) is 4.36. The number of carbonyl (C=O) groups excluding carboxylic acids is 2. The van der Waals surface area contributed by atoms with Gasteiger partial charge in [0.1, 0.15) is 12.2 Å². The molecule has 33 heavy (non-hydrogen) atoms. The minimum Gasteiger partial charge on any atom is -0.341 e. The number of hydrogen-bond donors (Lipinski definition) is 1. The molecule has 3 heterocycles. The van der Waals surface area contributed by atoms with E-state index in [1.165, 1.54) is 11.3 Å². The summed E-state index contributed by atoms with van der Waals surface area (Å²) in [6, 6.07) is 15.3. The van der Waals surface area contributed by atoms with Crippen molar-refractivity contribution >= 4 is 67.7 Å². The number of aromatic nitrogens is 1. The third kappa shape index (κ3) is 4.32. The maximum absolute atomic E-state index is 13.1. The second-order valence-electron chi connectivity index (χ2n) is 8.28. The summed E-state index contributed by atoms with van der Waals surface area (Å²) < 4.78 is 2.90. The van der Waals surface area contributed by atoms with Crippen LogP contribution in [-0.4, -0.2) is 39.5 Å². The van der Waals surface area contributed by atoms with Crippen LogP contribution in [0.3, 0.4) is 0 Å². The van der Waals surface area contributed by atoms with Crippen LogP contribution >= 0.6 is 28.1 Å². The standard InChI is InChI=1S/C25H23BrN4O2S/c26-18-9-10-22-20(14-18)17(15-29(22)16-23(31)28-11-5-2-6-12-28)13-21-24(32)30(25(33)27-21)19-7-3-1-4-8-19/h1,3-4,7-10,13-15H,2,5-6,11-12,16H2,(H,27,33)/b21-13-. The predicted molar refractivity (Wildman–Crippen MR) is 138 cm³/mol. The molecule has 0 spiro atoms. The summed E-state index contributed by atoms with van der Waals surface area (Å²) in [4.78, 5) is 29.5. The Balaban J connectivity index is 1.49. The Bertz CT molecular complexity index is 1280. The number of carbonyl (C=O) groups is 2. The fourth-order valence-electron chi connectivity index (χ4n) is 4.43. The maximum atomic E-state index is 13.1. The summed E-state index contributed by atoms with van der Waals surface area (Å²) in [5.74, 6) is -0.0771. The Morgan fingerprint density at radius 1 is 1.09 bits per heavy atom. The molecule has 8 heteroatoms. The van der Waals surface area contributed by atoms with Crippen LogP contribution in [0.2, 0.25) is 0 Å². The molecule has 1 aromatic heterocycles. The molecule has 2 saturated heterocycles. The lowest BCUT2D eigenvalue weighted by Crippen LogP contribution is -2.37. The lowest BCUT2D eigenvalue weighted by Gasteiger charge is -2.27. The summed E-state index contributed by atoms with van der Waals surface area (Å²) >= 11 is 8.98. The van der Waals surface area contributed by atoms with E-state index < -0.39 is 0 Å². The molecular weight excluding hydrogens is 500 g/mol. The molecule has 5 rings (SSSR count). The Hall–Kier alpha value is -2.97. The van der Waals surface area contributed by atoms with Gasteiger partial charge in [-0.2, -0.15) is 0 Å². The fraction of sp³-hybridized carbons (Fsp3) is 0.240. The highest BCUT2D eigenvalue weighted by Gasteiger charge is 2.32. The van der Waals surface area contributed by atoms with Gasteiger partial charge in [0.05, 0.1) is 5.69 Å². The number of halogens is 1. The zero-order valence-electron chi connectivity index (χ0n) is 18.0. The van der Waals surface area contributed by atoms with E-state index in [4.69, 9.17) is 12.2 Å². The van der Waals surface area contributed by atoms with Crippen LogP contribution in [0.5, 0.6) is 0 Å². The average molecular weight is 523 g/mol. The molecule has 168 valence electrons. The first-order valence-corrected chi connectivity index (χ1v) is 12.2. The Labute approximate surface area is 206 Å². The van der Waals surface area contributed by atoms with Gasteiger partial charge in [0.25, 0.3) is 5.91 Å². The van der Waals surface area contributed by atoms with E-state index in [-0.39, 0.29) is 18.4 Å². The number of fused-ring (bicyclic) bond motifs is 1. The Morgan fingerprint density at radius 2 is 1.85 bits per heavy atom. The number of thiocarbonyl (C=S) groups is 1. The SMILES string of the molecule is O=C(Cn1cc(/C=C2\NC(=S)N(c3ccccc3)C2=O)c2cc(Br)ccc21)N1CCCCC1. The van der Waals surface area contributed by atoms with Gasteiger partial charge in [-0.15, -0.1) is 0 Å². The second-order valence-corrected chi connectivity index (χ2v) is 9.58. The van der Waals surface area contributed by atoms with Gasteiger partial charge in [0.2, 0.25) is 5.91 Å². The highest BCUT2D eigenvalue weighted by atomic mass is 79.9. The molecule has 0 atom stereocenters. The Morgan fingerprint density at radius 3 is 2.61 bits per heavy atom. The monoisotopic (exact) mass is 522 g/mol. The number of likely N-dealkylation sites (tertiary alicyclic amines) is 1. The number of benzene rings is 2. The van der Waals surface area contributed by atoms with Crippen LogP contribution in [0.25, 0.3) is 17.0 Å². The number of hydrogen-bond acceptors (Lipinski definition) is 3. The zero-order valence-corrected chi connectivity index (χ0v) is 20.4. The van der Waals surface area contributed by atoms with E-state index in [2.05, 4.69) is 21.2 Å². The van der Waals surface area contributed by atoms with Crippen molar-refractivity contribution in [1.82, 2.24) is 14.8 Å². The number of anilines is 1. The summed E-state index contributed by atoms with van der Waals surface area (Å²) in [7, 11) is 0. The van der Waals surface area contributed by atoms with Crippen molar-refractivity contribution < 1.29 is 9.59 Å². The molecule has 0 saturated carbocycles. The van der Waals surface area contributed by atoms with E-state index in [1.807, 2.05) is 70.3 Å². The maximum Gasteiger partial charge on any atom is 0.281 e. The van der Waals surface area contributed by atoms with Crippen LogP contribution in [0, 0.1) is 0 Å². The summed E-state index contributed by atoms with van der Waals surface area (Å²) in [6.45, 7) is 1.93. The summed E-state index contributed by atoms with van der Waals surface area (Å²) in [5.41, 5.74) is 2.93. The smallest absolute Gasteiger partial charge is 0.281 e. The number of nitrogens with one attached hydrogen (secondary N) is 1. The molecular formula is C25H23BrN4O2S. The first-order chi connectivity index (χ1) is 16.0.